The van der Waals surface area contributed by atoms with Crippen molar-refractivity contribution in [2.24, 2.45) is 0 Å². The number of nitrogens with zero attached hydrogens (tertiary/aromatic N) is 5. The molecule has 2 aromatic carbocycles. The minimum Gasteiger partial charge on any atom is -0.350 e. The number of nitrogens with one attached hydrogen (secondary N) is 1. The Labute approximate surface area is 170 Å². The first-order valence-electron chi connectivity index (χ1n) is 10.1. The molecule has 1 aliphatic heterocycles. The highest BCUT2D eigenvalue weighted by Crippen LogP contribution is 2.17. The third-order valence-corrected chi connectivity index (χ3v) is 5.36. The number of carbonyl (C=O) groups excluding carboxylic acids is 1. The molecule has 1 fully saturated rings. The average molecular weight is 390 g/mol. The first kappa shape index (κ1) is 19.3. The van der Waals surface area contributed by atoms with Crippen LogP contribution >= 0.6 is 0 Å². The quantitative estimate of drug-likeness (QED) is 0.670. The fraction of sp³-hybridized carbons (Fsp3) is 0.364. The third-order valence-electron chi connectivity index (χ3n) is 5.36. The maximum absolute atomic E-state index is 13.1. The fourth-order valence-electron chi connectivity index (χ4n) is 3.91. The van der Waals surface area contributed by atoms with E-state index >= 15 is 0 Å². The first-order valence-corrected chi connectivity index (χ1v) is 10.1. The topological polar surface area (TPSA) is 75.9 Å². The van der Waals surface area contributed by atoms with Crippen LogP contribution in [0.2, 0.25) is 0 Å². The lowest BCUT2D eigenvalue weighted by atomic mass is 10.0. The third kappa shape index (κ3) is 5.26. The van der Waals surface area contributed by atoms with Gasteiger partial charge in [0.05, 0.1) is 0 Å². The standard InChI is InChI=1S/C22H26N6O/c29-22(21(28-17-23-25-26-28)14-18-8-3-1-4-9-18)24-20-12-7-13-27(16-20)15-19-10-5-2-6-11-19/h1-6,8-11,17,20-21H,7,12-16H2,(H,24,29)/t20-,21-/m0/s1. The Morgan fingerprint density at radius 1 is 1.07 bits per heavy atom. The molecule has 2 heterocycles. The number of carbonyl (C=O) groups is 1. The molecule has 0 aliphatic carbocycles. The first-order chi connectivity index (χ1) is 14.3. The Morgan fingerprint density at radius 2 is 1.79 bits per heavy atom. The Balaban J connectivity index is 1.40. The summed E-state index contributed by atoms with van der Waals surface area (Å²) >= 11 is 0. The number of piperidine rings is 1. The predicted octanol–water partition coefficient (Wildman–Crippen LogP) is 2.24. The maximum atomic E-state index is 13.1. The van der Waals surface area contributed by atoms with Crippen molar-refractivity contribution in [2.45, 2.75) is 37.9 Å². The van der Waals surface area contributed by atoms with Gasteiger partial charge in [-0.1, -0.05) is 60.7 Å². The molecule has 150 valence electrons. The molecule has 3 aromatic rings. The van der Waals surface area contributed by atoms with Crippen molar-refractivity contribution in [2.75, 3.05) is 13.1 Å². The lowest BCUT2D eigenvalue weighted by molar-refractivity contribution is -0.125. The van der Waals surface area contributed by atoms with Gasteiger partial charge in [0.2, 0.25) is 5.91 Å². The molecule has 1 aromatic heterocycles. The van der Waals surface area contributed by atoms with Crippen molar-refractivity contribution >= 4 is 5.91 Å². The van der Waals surface area contributed by atoms with E-state index in [1.807, 2.05) is 36.4 Å². The largest absolute Gasteiger partial charge is 0.350 e. The van der Waals surface area contributed by atoms with Gasteiger partial charge in [-0.05, 0) is 40.9 Å². The number of benzene rings is 2. The van der Waals surface area contributed by atoms with Crippen LogP contribution in [0.4, 0.5) is 0 Å². The van der Waals surface area contributed by atoms with E-state index in [0.29, 0.717) is 6.42 Å². The zero-order valence-corrected chi connectivity index (χ0v) is 16.4. The van der Waals surface area contributed by atoms with Gasteiger partial charge >= 0.3 is 0 Å². The summed E-state index contributed by atoms with van der Waals surface area (Å²) in [6.45, 7) is 2.82. The molecule has 0 saturated carbocycles. The fourth-order valence-corrected chi connectivity index (χ4v) is 3.91. The van der Waals surface area contributed by atoms with Crippen molar-refractivity contribution in [3.63, 3.8) is 0 Å². The van der Waals surface area contributed by atoms with Crippen LogP contribution in [0, 0.1) is 0 Å². The summed E-state index contributed by atoms with van der Waals surface area (Å²) in [7, 11) is 0. The second-order valence-corrected chi connectivity index (χ2v) is 7.56. The Kier molecular flexibility index (Phi) is 6.26. The smallest absolute Gasteiger partial charge is 0.245 e. The van der Waals surface area contributed by atoms with Crippen molar-refractivity contribution < 1.29 is 4.79 Å². The number of amides is 1. The summed E-state index contributed by atoms with van der Waals surface area (Å²) in [6, 6.07) is 20.1. The number of hydrogen-bond acceptors (Lipinski definition) is 5. The molecule has 0 unspecified atom stereocenters. The van der Waals surface area contributed by atoms with Gasteiger partial charge in [0.15, 0.2) is 0 Å². The molecular formula is C22H26N6O. The normalized spacial score (nSPS) is 18.3. The summed E-state index contributed by atoms with van der Waals surface area (Å²) in [5.74, 6) is -0.0345. The molecule has 7 nitrogen and oxygen atoms in total. The van der Waals surface area contributed by atoms with Crippen LogP contribution in [-0.2, 0) is 17.8 Å². The van der Waals surface area contributed by atoms with Gasteiger partial charge in [-0.2, -0.15) is 0 Å². The molecule has 1 aliphatic rings. The Morgan fingerprint density at radius 3 is 2.48 bits per heavy atom. The molecule has 4 rings (SSSR count). The van der Waals surface area contributed by atoms with E-state index in [-0.39, 0.29) is 11.9 Å². The van der Waals surface area contributed by atoms with Crippen LogP contribution in [-0.4, -0.2) is 50.1 Å². The van der Waals surface area contributed by atoms with Gasteiger partial charge < -0.3 is 5.32 Å². The summed E-state index contributed by atoms with van der Waals surface area (Å²) in [6.07, 6.45) is 4.13. The molecule has 2 atom stereocenters. The Hall–Kier alpha value is -3.06. The lowest BCUT2D eigenvalue weighted by Crippen LogP contribution is -2.49. The number of rotatable bonds is 7. The van der Waals surface area contributed by atoms with E-state index in [0.717, 1.165) is 38.0 Å². The zero-order valence-electron chi connectivity index (χ0n) is 16.4. The van der Waals surface area contributed by atoms with Gasteiger partial charge in [-0.25, -0.2) is 4.68 Å². The number of tetrazole rings is 1. The van der Waals surface area contributed by atoms with Crippen LogP contribution in [0.5, 0.6) is 0 Å². The van der Waals surface area contributed by atoms with Crippen LogP contribution in [0.3, 0.4) is 0 Å². The monoisotopic (exact) mass is 390 g/mol. The SMILES string of the molecule is O=C(N[C@H]1CCCN(Cc2ccccc2)C1)[C@H](Cc1ccccc1)n1cnnn1. The highest BCUT2D eigenvalue weighted by atomic mass is 16.2. The highest BCUT2D eigenvalue weighted by molar-refractivity contribution is 5.80. The van der Waals surface area contributed by atoms with E-state index in [1.54, 1.807) is 4.68 Å². The van der Waals surface area contributed by atoms with Crippen LogP contribution < -0.4 is 5.32 Å². The van der Waals surface area contributed by atoms with Crippen molar-refractivity contribution in [1.29, 1.82) is 0 Å². The van der Waals surface area contributed by atoms with Crippen LogP contribution in [0.25, 0.3) is 0 Å². The van der Waals surface area contributed by atoms with Crippen LogP contribution in [0.1, 0.15) is 30.0 Å². The lowest BCUT2D eigenvalue weighted by Gasteiger charge is -2.34. The number of aromatic nitrogens is 4. The maximum Gasteiger partial charge on any atom is 0.245 e. The Bertz CT molecular complexity index is 884. The van der Waals surface area contributed by atoms with Gasteiger partial charge in [-0.15, -0.1) is 5.10 Å². The second kappa shape index (κ2) is 9.43. The van der Waals surface area contributed by atoms with E-state index < -0.39 is 6.04 Å². The van der Waals surface area contributed by atoms with E-state index in [4.69, 9.17) is 0 Å². The van der Waals surface area contributed by atoms with Crippen molar-refractivity contribution in [1.82, 2.24) is 30.4 Å². The minimum atomic E-state index is -0.461. The minimum absolute atomic E-state index is 0.0345. The predicted molar refractivity (Wildman–Crippen MR) is 110 cm³/mol. The number of likely N-dealkylation sites (tertiary alicyclic amines) is 1. The van der Waals surface area contributed by atoms with Crippen LogP contribution in [0.15, 0.2) is 67.0 Å². The summed E-state index contributed by atoms with van der Waals surface area (Å²) in [5, 5.41) is 14.7. The van der Waals surface area contributed by atoms with Gasteiger partial charge in [-0.3, -0.25) is 9.69 Å². The van der Waals surface area contributed by atoms with Gasteiger partial charge in [0.25, 0.3) is 0 Å². The van der Waals surface area contributed by atoms with Gasteiger partial charge in [0.1, 0.15) is 12.4 Å². The average Bonchev–Trinajstić information content (AvgIpc) is 3.28. The molecule has 7 heteroatoms. The summed E-state index contributed by atoms with van der Waals surface area (Å²) in [5.41, 5.74) is 2.38. The summed E-state index contributed by atoms with van der Waals surface area (Å²) in [4.78, 5) is 15.5. The molecule has 1 amide bonds. The number of hydrogen-bond donors (Lipinski definition) is 1. The second-order valence-electron chi connectivity index (χ2n) is 7.56. The van der Waals surface area contributed by atoms with Crippen molar-refractivity contribution in [3.05, 3.63) is 78.1 Å². The zero-order chi connectivity index (χ0) is 19.9. The molecule has 0 spiro atoms. The molecule has 1 N–H and O–H groups in total. The van der Waals surface area contributed by atoms with E-state index in [9.17, 15) is 4.79 Å². The summed E-state index contributed by atoms with van der Waals surface area (Å²) < 4.78 is 1.55. The van der Waals surface area contributed by atoms with E-state index in [2.05, 4.69) is 50.0 Å². The highest BCUT2D eigenvalue weighted by Gasteiger charge is 2.27. The molecule has 1 saturated heterocycles. The molecule has 29 heavy (non-hydrogen) atoms. The van der Waals surface area contributed by atoms with Gasteiger partial charge in [0, 0.05) is 25.6 Å². The van der Waals surface area contributed by atoms with Crippen molar-refractivity contribution in [3.8, 4) is 0 Å². The molecular weight excluding hydrogens is 364 g/mol. The van der Waals surface area contributed by atoms with E-state index in [1.165, 1.54) is 11.9 Å². The molecule has 0 bridgehead atoms. The molecule has 0 radical (unpaired) electrons.